The molecule has 5 heteroatoms. The zero-order valence-electron chi connectivity index (χ0n) is 33.9. The predicted octanol–water partition coefficient (Wildman–Crippen LogP) is 17.1. The van der Waals surface area contributed by atoms with Gasteiger partial charge in [0.1, 0.15) is 33.5 Å². The molecular weight excluding hydrogens is 773 g/mol. The first-order valence-corrected chi connectivity index (χ1v) is 21.2. The number of fused-ring (bicyclic) bond motifs is 10. The molecular formula is C58H36N2O3. The molecule has 13 aromatic rings. The Kier molecular flexibility index (Phi) is 7.84. The van der Waals surface area contributed by atoms with Gasteiger partial charge in [0.25, 0.3) is 0 Å². The Morgan fingerprint density at radius 2 is 0.794 bits per heavy atom. The van der Waals surface area contributed by atoms with Crippen LogP contribution in [0, 0.1) is 0 Å². The van der Waals surface area contributed by atoms with Gasteiger partial charge in [-0.3, -0.25) is 0 Å². The third-order valence-corrected chi connectivity index (χ3v) is 12.4. The van der Waals surface area contributed by atoms with Crippen LogP contribution in [-0.4, -0.2) is 0 Å². The minimum atomic E-state index is 0.772. The predicted molar refractivity (Wildman–Crippen MR) is 261 cm³/mol. The lowest BCUT2D eigenvalue weighted by Crippen LogP contribution is -2.14. The average molecular weight is 809 g/mol. The van der Waals surface area contributed by atoms with Gasteiger partial charge in [0.15, 0.2) is 0 Å². The average Bonchev–Trinajstić information content (AvgIpc) is 4.03. The molecule has 0 saturated carbocycles. The van der Waals surface area contributed by atoms with E-state index in [4.69, 9.17) is 13.3 Å². The third-order valence-electron chi connectivity index (χ3n) is 12.4. The van der Waals surface area contributed by atoms with E-state index < -0.39 is 0 Å². The van der Waals surface area contributed by atoms with Crippen LogP contribution in [0.1, 0.15) is 0 Å². The van der Waals surface area contributed by atoms with E-state index in [0.29, 0.717) is 0 Å². The smallest absolute Gasteiger partial charge is 0.139 e. The molecule has 0 unspecified atom stereocenters. The van der Waals surface area contributed by atoms with Crippen LogP contribution in [0.5, 0.6) is 0 Å². The van der Waals surface area contributed by atoms with Crippen molar-refractivity contribution in [2.75, 3.05) is 9.80 Å². The normalized spacial score (nSPS) is 11.8. The maximum absolute atomic E-state index is 7.03. The minimum absolute atomic E-state index is 0.772. The van der Waals surface area contributed by atoms with Crippen LogP contribution in [0.2, 0.25) is 0 Å². The molecule has 5 nitrogen and oxygen atoms in total. The van der Waals surface area contributed by atoms with Crippen LogP contribution in [-0.2, 0) is 0 Å². The SMILES string of the molecule is c1ccc(-c2ccc(N(c3cccc4oc5ccccc5c34)c3cc(N(c4ccccc4)c4ccc5c(c4)oc4ccccc45)cc4oc5cc6ccccc6cc5c34)cc2)cc1. The van der Waals surface area contributed by atoms with Crippen LogP contribution >= 0.6 is 0 Å². The third kappa shape index (κ3) is 5.71. The molecule has 13 rings (SSSR count). The number of benzene rings is 10. The van der Waals surface area contributed by atoms with E-state index in [1.165, 1.54) is 0 Å². The van der Waals surface area contributed by atoms with E-state index in [1.807, 2.05) is 24.3 Å². The summed E-state index contributed by atoms with van der Waals surface area (Å²) < 4.78 is 20.1. The van der Waals surface area contributed by atoms with E-state index in [-0.39, 0.29) is 0 Å². The summed E-state index contributed by atoms with van der Waals surface area (Å²) in [4.78, 5) is 4.68. The van der Waals surface area contributed by atoms with Gasteiger partial charge in [-0.05, 0) is 101 Å². The van der Waals surface area contributed by atoms with Gasteiger partial charge < -0.3 is 23.1 Å². The van der Waals surface area contributed by atoms with Crippen molar-refractivity contribution in [3.63, 3.8) is 0 Å². The van der Waals surface area contributed by atoms with Crippen molar-refractivity contribution in [3.05, 3.63) is 218 Å². The first kappa shape index (κ1) is 35.2. The molecule has 63 heavy (non-hydrogen) atoms. The summed E-state index contributed by atoms with van der Waals surface area (Å²) in [6.45, 7) is 0. The van der Waals surface area contributed by atoms with Crippen molar-refractivity contribution in [2.24, 2.45) is 0 Å². The Bertz CT molecular complexity index is 3860. The van der Waals surface area contributed by atoms with Gasteiger partial charge in [0.2, 0.25) is 0 Å². The van der Waals surface area contributed by atoms with Gasteiger partial charge in [0, 0.05) is 50.7 Å². The highest BCUT2D eigenvalue weighted by atomic mass is 16.3. The fourth-order valence-electron chi connectivity index (χ4n) is 9.52. The van der Waals surface area contributed by atoms with Crippen LogP contribution in [0.4, 0.5) is 34.1 Å². The number of para-hydroxylation sites is 3. The molecule has 0 radical (unpaired) electrons. The molecule has 0 bridgehead atoms. The van der Waals surface area contributed by atoms with E-state index in [9.17, 15) is 0 Å². The number of hydrogen-bond donors (Lipinski definition) is 0. The second-order valence-electron chi connectivity index (χ2n) is 16.1. The van der Waals surface area contributed by atoms with Crippen LogP contribution in [0.15, 0.2) is 232 Å². The summed E-state index contributed by atoms with van der Waals surface area (Å²) in [5.41, 5.74) is 13.1. The van der Waals surface area contributed by atoms with Crippen LogP contribution in [0.25, 0.3) is 87.7 Å². The Labute approximate surface area is 361 Å². The Hall–Kier alpha value is -8.54. The van der Waals surface area contributed by atoms with Gasteiger partial charge in [-0.25, -0.2) is 0 Å². The first-order valence-electron chi connectivity index (χ1n) is 21.2. The van der Waals surface area contributed by atoms with Crippen molar-refractivity contribution >= 4 is 111 Å². The number of nitrogens with zero attached hydrogens (tertiary/aromatic N) is 2. The van der Waals surface area contributed by atoms with Crippen molar-refractivity contribution < 1.29 is 13.3 Å². The lowest BCUT2D eigenvalue weighted by atomic mass is 10.0. The first-order chi connectivity index (χ1) is 31.2. The Morgan fingerprint density at radius 3 is 1.60 bits per heavy atom. The lowest BCUT2D eigenvalue weighted by Gasteiger charge is -2.30. The Morgan fingerprint density at radius 1 is 0.254 bits per heavy atom. The van der Waals surface area contributed by atoms with Gasteiger partial charge >= 0.3 is 0 Å². The van der Waals surface area contributed by atoms with E-state index in [1.54, 1.807) is 0 Å². The molecule has 0 saturated heterocycles. The molecule has 0 amide bonds. The van der Waals surface area contributed by atoms with Gasteiger partial charge in [0.05, 0.1) is 27.8 Å². The summed E-state index contributed by atoms with van der Waals surface area (Å²) in [5, 5.41) is 8.58. The maximum atomic E-state index is 7.03. The fourth-order valence-corrected chi connectivity index (χ4v) is 9.52. The van der Waals surface area contributed by atoms with Crippen molar-refractivity contribution in [1.82, 2.24) is 0 Å². The second-order valence-corrected chi connectivity index (χ2v) is 16.1. The second kappa shape index (κ2) is 14.0. The van der Waals surface area contributed by atoms with Gasteiger partial charge in [-0.2, -0.15) is 0 Å². The number of hydrogen-bond acceptors (Lipinski definition) is 5. The number of anilines is 6. The number of rotatable bonds is 7. The topological polar surface area (TPSA) is 45.9 Å². The highest BCUT2D eigenvalue weighted by molar-refractivity contribution is 6.20. The minimum Gasteiger partial charge on any atom is -0.456 e. The summed E-state index contributed by atoms with van der Waals surface area (Å²) in [5.74, 6) is 0. The van der Waals surface area contributed by atoms with Crippen molar-refractivity contribution in [2.45, 2.75) is 0 Å². The zero-order chi connectivity index (χ0) is 41.4. The summed E-state index contributed by atoms with van der Waals surface area (Å²) in [6.07, 6.45) is 0. The van der Waals surface area contributed by atoms with E-state index >= 15 is 0 Å². The quantitative estimate of drug-likeness (QED) is 0.160. The molecule has 0 fully saturated rings. The molecule has 0 spiro atoms. The van der Waals surface area contributed by atoms with Crippen molar-refractivity contribution in [3.8, 4) is 11.1 Å². The molecule has 10 aromatic carbocycles. The number of furan rings is 3. The molecule has 0 aliphatic carbocycles. The molecule has 296 valence electrons. The van der Waals surface area contributed by atoms with Crippen LogP contribution < -0.4 is 9.80 Å². The molecule has 0 aliphatic heterocycles. The highest BCUT2D eigenvalue weighted by Gasteiger charge is 2.26. The monoisotopic (exact) mass is 808 g/mol. The molecule has 0 atom stereocenters. The van der Waals surface area contributed by atoms with Gasteiger partial charge in [-0.15, -0.1) is 0 Å². The molecule has 0 aliphatic rings. The standard InChI is InChI=1S/C58H36N2O3/c1-3-14-37(15-4-1)38-26-28-42(29-27-38)60(49-22-13-25-53-57(49)47-21-10-12-24-52(47)61-53)50-34-44(36-56-58(50)48-32-39-16-7-8-17-40(39)33-54(48)63-56)59(41-18-5-2-6-19-41)43-30-31-46-45-20-9-11-23-51(45)62-55(46)35-43/h1-36H. The van der Waals surface area contributed by atoms with Crippen LogP contribution in [0.3, 0.4) is 0 Å². The summed E-state index contributed by atoms with van der Waals surface area (Å²) in [7, 11) is 0. The lowest BCUT2D eigenvalue weighted by molar-refractivity contribution is 0.668. The molecule has 3 heterocycles. The van der Waals surface area contributed by atoms with Crippen molar-refractivity contribution in [1.29, 1.82) is 0 Å². The summed E-state index contributed by atoms with van der Waals surface area (Å²) in [6, 6.07) is 76.7. The van der Waals surface area contributed by atoms with Gasteiger partial charge in [-0.1, -0.05) is 127 Å². The fraction of sp³-hybridized carbons (Fsp3) is 0. The van der Waals surface area contributed by atoms with E-state index in [0.717, 1.165) is 122 Å². The zero-order valence-corrected chi connectivity index (χ0v) is 33.9. The Balaban J connectivity index is 1.13. The maximum Gasteiger partial charge on any atom is 0.139 e. The van der Waals surface area contributed by atoms with E-state index in [2.05, 4.69) is 204 Å². The summed E-state index contributed by atoms with van der Waals surface area (Å²) >= 11 is 0. The largest absolute Gasteiger partial charge is 0.456 e. The highest BCUT2D eigenvalue weighted by Crippen LogP contribution is 2.50. The molecule has 3 aromatic heterocycles. The molecule has 0 N–H and O–H groups in total.